The number of amides is 1. The molecule has 0 saturated carbocycles. The predicted molar refractivity (Wildman–Crippen MR) is 116 cm³/mol. The Bertz CT molecular complexity index is 1290. The molecule has 0 saturated heterocycles. The summed E-state index contributed by atoms with van der Waals surface area (Å²) in [7, 11) is -2.21. The Kier molecular flexibility index (Phi) is 5.88. The number of aryl methyl sites for hydroxylation is 2. The van der Waals surface area contributed by atoms with Crippen LogP contribution >= 0.6 is 11.3 Å². The summed E-state index contributed by atoms with van der Waals surface area (Å²) in [5.74, 6) is -0.312. The van der Waals surface area contributed by atoms with Gasteiger partial charge in [-0.2, -0.15) is 4.99 Å². The van der Waals surface area contributed by atoms with Gasteiger partial charge in [-0.3, -0.25) is 4.79 Å². The maximum absolute atomic E-state index is 12.9. The van der Waals surface area contributed by atoms with Crippen molar-refractivity contribution in [2.45, 2.75) is 37.1 Å². The molecule has 4 rings (SSSR count). The number of thiazole rings is 1. The van der Waals surface area contributed by atoms with Crippen LogP contribution in [0.5, 0.6) is 0 Å². The molecule has 1 amide bonds. The van der Waals surface area contributed by atoms with Gasteiger partial charge in [0.2, 0.25) is 10.0 Å². The van der Waals surface area contributed by atoms with Crippen molar-refractivity contribution in [3.8, 4) is 0 Å². The fourth-order valence-electron chi connectivity index (χ4n) is 3.73. The van der Waals surface area contributed by atoms with E-state index in [0.29, 0.717) is 28.2 Å². The number of nitrogens with two attached hydrogens (primary N) is 1. The van der Waals surface area contributed by atoms with Crippen molar-refractivity contribution in [2.24, 2.45) is 10.1 Å². The number of carbonyl (C=O) groups is 1. The highest BCUT2D eigenvalue weighted by molar-refractivity contribution is 7.89. The Morgan fingerprint density at radius 1 is 1.17 bits per heavy atom. The molecule has 1 heterocycles. The number of nitrogens with zero attached hydrogens (tertiary/aromatic N) is 2. The minimum atomic E-state index is -3.81. The average molecular weight is 446 g/mol. The summed E-state index contributed by atoms with van der Waals surface area (Å²) >= 11 is 1.26. The number of ether oxygens (including phenoxy) is 1. The summed E-state index contributed by atoms with van der Waals surface area (Å²) in [6, 6.07) is 10.5. The fraction of sp³-hybridized carbons (Fsp3) is 0.333. The van der Waals surface area contributed by atoms with E-state index in [2.05, 4.69) is 4.99 Å². The second-order valence-electron chi connectivity index (χ2n) is 7.31. The number of benzene rings is 2. The first-order chi connectivity index (χ1) is 14.4. The largest absolute Gasteiger partial charge is 0.383 e. The number of carbonyl (C=O) groups excluding carboxylic acids is 1. The summed E-state index contributed by atoms with van der Waals surface area (Å²) in [4.78, 5) is 17.8. The lowest BCUT2D eigenvalue weighted by atomic mass is 9.90. The molecule has 1 aromatic heterocycles. The van der Waals surface area contributed by atoms with Crippen LogP contribution in [-0.4, -0.2) is 32.6 Å². The molecule has 0 radical (unpaired) electrons. The predicted octanol–water partition coefficient (Wildman–Crippen LogP) is 2.62. The van der Waals surface area contributed by atoms with Gasteiger partial charge in [-0.05, 0) is 67.1 Å². The van der Waals surface area contributed by atoms with E-state index in [0.717, 1.165) is 24.8 Å². The Labute approximate surface area is 178 Å². The second-order valence-corrected chi connectivity index (χ2v) is 9.88. The number of fused-ring (bicyclic) bond motifs is 2. The number of sulfonamides is 1. The first kappa shape index (κ1) is 20.9. The molecule has 0 spiro atoms. The van der Waals surface area contributed by atoms with Gasteiger partial charge in [-0.1, -0.05) is 17.4 Å². The molecule has 2 N–H and O–H groups in total. The topological polar surface area (TPSA) is 104 Å². The molecule has 30 heavy (non-hydrogen) atoms. The van der Waals surface area contributed by atoms with Crippen LogP contribution in [0.25, 0.3) is 10.2 Å². The van der Waals surface area contributed by atoms with Gasteiger partial charge >= 0.3 is 0 Å². The lowest BCUT2D eigenvalue weighted by Crippen LogP contribution is -2.19. The van der Waals surface area contributed by atoms with E-state index in [-0.39, 0.29) is 10.8 Å². The molecule has 1 aliphatic carbocycles. The van der Waals surface area contributed by atoms with Gasteiger partial charge in [-0.15, -0.1) is 0 Å². The zero-order chi connectivity index (χ0) is 21.3. The van der Waals surface area contributed by atoms with E-state index in [1.165, 1.54) is 41.0 Å². The third kappa shape index (κ3) is 4.24. The van der Waals surface area contributed by atoms with Crippen molar-refractivity contribution in [1.29, 1.82) is 0 Å². The Balaban J connectivity index is 1.79. The number of rotatable bonds is 5. The first-order valence-corrected chi connectivity index (χ1v) is 12.1. The third-order valence-corrected chi connectivity index (χ3v) is 7.25. The Morgan fingerprint density at radius 2 is 1.93 bits per heavy atom. The molecule has 7 nitrogen and oxygen atoms in total. The molecule has 3 aromatic rings. The quantitative estimate of drug-likeness (QED) is 0.652. The Morgan fingerprint density at radius 3 is 2.67 bits per heavy atom. The van der Waals surface area contributed by atoms with E-state index >= 15 is 0 Å². The number of primary sulfonamides is 1. The first-order valence-electron chi connectivity index (χ1n) is 9.73. The number of methoxy groups -OCH3 is 1. The molecule has 9 heteroatoms. The molecular weight excluding hydrogens is 422 g/mol. The van der Waals surface area contributed by atoms with Gasteiger partial charge in [0.15, 0.2) is 4.80 Å². The van der Waals surface area contributed by atoms with Crippen molar-refractivity contribution >= 4 is 37.5 Å². The zero-order valence-electron chi connectivity index (χ0n) is 16.6. The summed E-state index contributed by atoms with van der Waals surface area (Å²) < 4.78 is 31.1. The van der Waals surface area contributed by atoms with Gasteiger partial charge in [0, 0.05) is 19.2 Å². The SMILES string of the molecule is COCCn1c(=NC(=O)c2ccc3c(c2)CCCC3)sc2cc(S(N)(=O)=O)ccc21. The lowest BCUT2D eigenvalue weighted by molar-refractivity contribution is 0.0997. The molecule has 1 aliphatic rings. The normalized spacial score (nSPS) is 14.8. The van der Waals surface area contributed by atoms with Gasteiger partial charge < -0.3 is 9.30 Å². The van der Waals surface area contributed by atoms with Crippen LogP contribution < -0.4 is 9.94 Å². The zero-order valence-corrected chi connectivity index (χ0v) is 18.3. The standard InChI is InChI=1S/C21H23N3O4S2/c1-28-11-10-24-18-9-8-17(30(22,26)27)13-19(18)29-21(24)23-20(25)16-7-6-14-4-2-3-5-15(14)12-16/h6-9,12-13H,2-5,10-11H2,1H3,(H2,22,26,27). The van der Waals surface area contributed by atoms with E-state index in [9.17, 15) is 13.2 Å². The highest BCUT2D eigenvalue weighted by atomic mass is 32.2. The summed E-state index contributed by atoms with van der Waals surface area (Å²) in [6.07, 6.45) is 4.37. The third-order valence-electron chi connectivity index (χ3n) is 5.29. The molecule has 158 valence electrons. The fourth-order valence-corrected chi connectivity index (χ4v) is 5.44. The second kappa shape index (κ2) is 8.43. The maximum atomic E-state index is 12.9. The van der Waals surface area contributed by atoms with Crippen molar-refractivity contribution in [2.75, 3.05) is 13.7 Å². The van der Waals surface area contributed by atoms with Gasteiger partial charge in [0.1, 0.15) is 0 Å². The van der Waals surface area contributed by atoms with Crippen molar-refractivity contribution < 1.29 is 17.9 Å². The van der Waals surface area contributed by atoms with E-state index in [1.807, 2.05) is 22.8 Å². The van der Waals surface area contributed by atoms with Crippen LogP contribution in [0.4, 0.5) is 0 Å². The monoisotopic (exact) mass is 445 g/mol. The van der Waals surface area contributed by atoms with E-state index in [4.69, 9.17) is 9.88 Å². The molecule has 0 atom stereocenters. The number of aromatic nitrogens is 1. The van der Waals surface area contributed by atoms with Crippen molar-refractivity contribution in [3.63, 3.8) is 0 Å². The van der Waals surface area contributed by atoms with Crippen LogP contribution in [0.15, 0.2) is 46.3 Å². The highest BCUT2D eigenvalue weighted by Crippen LogP contribution is 2.23. The van der Waals surface area contributed by atoms with Gasteiger partial charge in [-0.25, -0.2) is 13.6 Å². The number of hydrogen-bond donors (Lipinski definition) is 1. The summed E-state index contributed by atoms with van der Waals surface area (Å²) in [5, 5.41) is 5.26. The van der Waals surface area contributed by atoms with Crippen molar-refractivity contribution in [3.05, 3.63) is 57.9 Å². The lowest BCUT2D eigenvalue weighted by Gasteiger charge is -2.15. The van der Waals surface area contributed by atoms with Crippen LogP contribution in [0.1, 0.15) is 34.3 Å². The molecular formula is C21H23N3O4S2. The van der Waals surface area contributed by atoms with Crippen molar-refractivity contribution in [1.82, 2.24) is 4.57 Å². The molecule has 2 aromatic carbocycles. The van der Waals surface area contributed by atoms with Gasteiger partial charge in [0.25, 0.3) is 5.91 Å². The minimum absolute atomic E-state index is 0.0303. The van der Waals surface area contributed by atoms with Crippen LogP contribution in [0.3, 0.4) is 0 Å². The Hall–Kier alpha value is -2.33. The number of hydrogen-bond acceptors (Lipinski definition) is 5. The minimum Gasteiger partial charge on any atom is -0.383 e. The van der Waals surface area contributed by atoms with Gasteiger partial charge in [0.05, 0.1) is 21.7 Å². The molecule has 0 aliphatic heterocycles. The van der Waals surface area contributed by atoms with Crippen LogP contribution in [-0.2, 0) is 34.1 Å². The summed E-state index contributed by atoms with van der Waals surface area (Å²) in [5.41, 5.74) is 3.88. The molecule has 0 fully saturated rings. The average Bonchev–Trinajstić information content (AvgIpc) is 3.07. The summed E-state index contributed by atoms with van der Waals surface area (Å²) in [6.45, 7) is 0.921. The van der Waals surface area contributed by atoms with E-state index < -0.39 is 10.0 Å². The van der Waals surface area contributed by atoms with Crippen LogP contribution in [0, 0.1) is 0 Å². The molecule has 0 bridgehead atoms. The van der Waals surface area contributed by atoms with E-state index in [1.54, 1.807) is 13.2 Å². The van der Waals surface area contributed by atoms with Crippen LogP contribution in [0.2, 0.25) is 0 Å². The smallest absolute Gasteiger partial charge is 0.279 e. The maximum Gasteiger partial charge on any atom is 0.279 e. The molecule has 0 unspecified atom stereocenters. The highest BCUT2D eigenvalue weighted by Gasteiger charge is 2.15.